The van der Waals surface area contributed by atoms with E-state index in [-0.39, 0.29) is 24.9 Å². The van der Waals surface area contributed by atoms with Crippen molar-refractivity contribution in [3.63, 3.8) is 0 Å². The van der Waals surface area contributed by atoms with E-state index in [0.717, 1.165) is 17.7 Å². The molecule has 2 aliphatic rings. The van der Waals surface area contributed by atoms with Crippen molar-refractivity contribution in [3.05, 3.63) is 29.8 Å². The molecule has 1 aromatic rings. The lowest BCUT2D eigenvalue weighted by Crippen LogP contribution is -2.49. The molecule has 0 spiro atoms. The molecule has 1 amide bonds. The molecule has 96 valence electrons. The van der Waals surface area contributed by atoms with Gasteiger partial charge in [-0.2, -0.15) is 0 Å². The number of halogens is 1. The van der Waals surface area contributed by atoms with E-state index in [1.54, 1.807) is 4.90 Å². The second kappa shape index (κ2) is 4.05. The number of hydrogen-bond acceptors (Lipinski definition) is 2. The first kappa shape index (κ1) is 11.7. The van der Waals surface area contributed by atoms with Crippen LogP contribution in [0, 0.1) is 0 Å². The zero-order chi connectivity index (χ0) is 12.8. The van der Waals surface area contributed by atoms with E-state index in [0.29, 0.717) is 6.54 Å². The molecule has 0 bridgehead atoms. The van der Waals surface area contributed by atoms with Gasteiger partial charge in [0.2, 0.25) is 5.67 Å². The Morgan fingerprint density at radius 1 is 1.50 bits per heavy atom. The van der Waals surface area contributed by atoms with Gasteiger partial charge in [0, 0.05) is 24.7 Å². The number of benzene rings is 1. The highest BCUT2D eigenvalue weighted by Crippen LogP contribution is 2.35. The molecule has 0 aromatic heterocycles. The quantitative estimate of drug-likeness (QED) is 0.820. The standard InChI is InChI=1S/C14H17FN2O/c1-10-8-11-4-2-3-5-12(11)17(10)13(18)14(15)6-7-16-9-14/h2-5,10,16H,6-9H2,1H3/t10-,14+/m1/s1. The van der Waals surface area contributed by atoms with Crippen LogP contribution in [0.4, 0.5) is 10.1 Å². The molecule has 18 heavy (non-hydrogen) atoms. The minimum absolute atomic E-state index is 0.0446. The summed E-state index contributed by atoms with van der Waals surface area (Å²) < 4.78 is 14.6. The zero-order valence-electron chi connectivity index (χ0n) is 10.4. The fourth-order valence-electron chi connectivity index (χ4n) is 2.93. The molecule has 3 nitrogen and oxygen atoms in total. The number of carbonyl (C=O) groups is 1. The van der Waals surface area contributed by atoms with Gasteiger partial charge in [-0.25, -0.2) is 4.39 Å². The van der Waals surface area contributed by atoms with Crippen molar-refractivity contribution in [3.8, 4) is 0 Å². The van der Waals surface area contributed by atoms with Crippen molar-refractivity contribution in [2.24, 2.45) is 0 Å². The molecule has 0 saturated carbocycles. The van der Waals surface area contributed by atoms with Crippen LogP contribution < -0.4 is 10.2 Å². The number of alkyl halides is 1. The van der Waals surface area contributed by atoms with Gasteiger partial charge in [-0.05, 0) is 31.5 Å². The summed E-state index contributed by atoms with van der Waals surface area (Å²) in [6.07, 6.45) is 1.09. The molecule has 1 saturated heterocycles. The lowest BCUT2D eigenvalue weighted by Gasteiger charge is -2.29. The van der Waals surface area contributed by atoms with Crippen molar-refractivity contribution < 1.29 is 9.18 Å². The van der Waals surface area contributed by atoms with Crippen LogP contribution in [0.2, 0.25) is 0 Å². The van der Waals surface area contributed by atoms with Crippen molar-refractivity contribution >= 4 is 11.6 Å². The third kappa shape index (κ3) is 1.63. The van der Waals surface area contributed by atoms with E-state index in [9.17, 15) is 9.18 Å². The van der Waals surface area contributed by atoms with Gasteiger partial charge in [-0.1, -0.05) is 18.2 Å². The van der Waals surface area contributed by atoms with Crippen molar-refractivity contribution in [2.45, 2.75) is 31.5 Å². The maximum atomic E-state index is 14.6. The first-order chi connectivity index (χ1) is 8.62. The molecule has 4 heteroatoms. The monoisotopic (exact) mass is 248 g/mol. The molecule has 2 aliphatic heterocycles. The van der Waals surface area contributed by atoms with Crippen LogP contribution in [0.25, 0.3) is 0 Å². The van der Waals surface area contributed by atoms with Crippen molar-refractivity contribution in [1.29, 1.82) is 0 Å². The van der Waals surface area contributed by atoms with Crippen molar-refractivity contribution in [2.75, 3.05) is 18.0 Å². The maximum Gasteiger partial charge on any atom is 0.266 e. The first-order valence-corrected chi connectivity index (χ1v) is 6.43. The summed E-state index contributed by atoms with van der Waals surface area (Å²) in [6.45, 7) is 2.69. The lowest BCUT2D eigenvalue weighted by molar-refractivity contribution is -0.129. The molecule has 3 rings (SSSR count). The van der Waals surface area contributed by atoms with Gasteiger partial charge in [-0.3, -0.25) is 4.79 Å². The Labute approximate surface area is 106 Å². The number of nitrogens with zero attached hydrogens (tertiary/aromatic N) is 1. The molecule has 1 fully saturated rings. The third-order valence-corrected chi connectivity index (χ3v) is 3.91. The number of nitrogens with one attached hydrogen (secondary N) is 1. The Balaban J connectivity index is 1.95. The molecule has 2 heterocycles. The normalized spacial score (nSPS) is 30.6. The van der Waals surface area contributed by atoms with Gasteiger partial charge in [0.05, 0.1) is 0 Å². The number of fused-ring (bicyclic) bond motifs is 1. The van der Waals surface area contributed by atoms with Crippen LogP contribution in [0.15, 0.2) is 24.3 Å². The number of hydrogen-bond donors (Lipinski definition) is 1. The summed E-state index contributed by atoms with van der Waals surface area (Å²) in [5.74, 6) is -0.384. The average Bonchev–Trinajstić information content (AvgIpc) is 2.92. The minimum atomic E-state index is -1.73. The Hall–Kier alpha value is -1.42. The van der Waals surface area contributed by atoms with E-state index in [4.69, 9.17) is 0 Å². The van der Waals surface area contributed by atoms with E-state index < -0.39 is 5.67 Å². The highest BCUT2D eigenvalue weighted by molar-refractivity contribution is 6.02. The van der Waals surface area contributed by atoms with Gasteiger partial charge in [-0.15, -0.1) is 0 Å². The summed E-state index contributed by atoms with van der Waals surface area (Å²) in [6, 6.07) is 7.82. The number of carbonyl (C=O) groups excluding carboxylic acids is 1. The highest BCUT2D eigenvalue weighted by atomic mass is 19.1. The topological polar surface area (TPSA) is 32.3 Å². The third-order valence-electron chi connectivity index (χ3n) is 3.91. The molecular formula is C14H17FN2O. The molecule has 0 unspecified atom stereocenters. The number of para-hydroxylation sites is 1. The summed E-state index contributed by atoms with van der Waals surface area (Å²) in [4.78, 5) is 14.1. The lowest BCUT2D eigenvalue weighted by atomic mass is 10.0. The summed E-state index contributed by atoms with van der Waals surface area (Å²) in [7, 11) is 0. The van der Waals surface area contributed by atoms with E-state index in [1.807, 2.05) is 31.2 Å². The smallest absolute Gasteiger partial charge is 0.266 e. The number of amides is 1. The average molecular weight is 248 g/mol. The van der Waals surface area contributed by atoms with Crippen LogP contribution in [-0.4, -0.2) is 30.7 Å². The number of anilines is 1. The second-order valence-electron chi connectivity index (χ2n) is 5.25. The van der Waals surface area contributed by atoms with Crippen LogP contribution in [-0.2, 0) is 11.2 Å². The van der Waals surface area contributed by atoms with Crippen LogP contribution >= 0.6 is 0 Å². The molecule has 2 atom stereocenters. The summed E-state index contributed by atoms with van der Waals surface area (Å²) in [5.41, 5.74) is 0.276. The van der Waals surface area contributed by atoms with Gasteiger partial charge in [0.25, 0.3) is 5.91 Å². The SMILES string of the molecule is C[C@@H]1Cc2ccccc2N1C(=O)[C@]1(F)CCNC1. The van der Waals surface area contributed by atoms with Gasteiger partial charge in [0.15, 0.2) is 0 Å². The minimum Gasteiger partial charge on any atom is -0.313 e. The van der Waals surface area contributed by atoms with Crippen molar-refractivity contribution in [1.82, 2.24) is 5.32 Å². The molecule has 0 aliphatic carbocycles. The van der Waals surface area contributed by atoms with E-state index in [2.05, 4.69) is 5.32 Å². The van der Waals surface area contributed by atoms with Crippen LogP contribution in [0.3, 0.4) is 0 Å². The second-order valence-corrected chi connectivity index (χ2v) is 5.25. The Kier molecular flexibility index (Phi) is 2.63. The highest BCUT2D eigenvalue weighted by Gasteiger charge is 2.47. The predicted octanol–water partition coefficient (Wildman–Crippen LogP) is 1.67. The fraction of sp³-hybridized carbons (Fsp3) is 0.500. The van der Waals surface area contributed by atoms with Gasteiger partial charge >= 0.3 is 0 Å². The largest absolute Gasteiger partial charge is 0.313 e. The first-order valence-electron chi connectivity index (χ1n) is 6.43. The molecule has 1 aromatic carbocycles. The molecule has 0 radical (unpaired) electrons. The summed E-state index contributed by atoms with van der Waals surface area (Å²) in [5, 5.41) is 2.93. The van der Waals surface area contributed by atoms with Crippen LogP contribution in [0.5, 0.6) is 0 Å². The van der Waals surface area contributed by atoms with Gasteiger partial charge in [0.1, 0.15) is 0 Å². The fourth-order valence-corrected chi connectivity index (χ4v) is 2.93. The van der Waals surface area contributed by atoms with E-state index >= 15 is 0 Å². The Morgan fingerprint density at radius 2 is 2.28 bits per heavy atom. The predicted molar refractivity (Wildman–Crippen MR) is 68.4 cm³/mol. The van der Waals surface area contributed by atoms with Gasteiger partial charge < -0.3 is 10.2 Å². The zero-order valence-corrected chi connectivity index (χ0v) is 10.4. The van der Waals surface area contributed by atoms with Crippen LogP contribution in [0.1, 0.15) is 18.9 Å². The Morgan fingerprint density at radius 3 is 3.00 bits per heavy atom. The summed E-state index contributed by atoms with van der Waals surface area (Å²) >= 11 is 0. The molecule has 1 N–H and O–H groups in total. The van der Waals surface area contributed by atoms with E-state index in [1.165, 1.54) is 0 Å². The maximum absolute atomic E-state index is 14.6. The Bertz CT molecular complexity index is 482. The molecular weight excluding hydrogens is 231 g/mol. The number of rotatable bonds is 1.